The summed E-state index contributed by atoms with van der Waals surface area (Å²) in [6.07, 6.45) is 0. The third-order valence-electron chi connectivity index (χ3n) is 4.33. The fraction of sp³-hybridized carbons (Fsp3) is 0.412. The van der Waals surface area contributed by atoms with Crippen molar-refractivity contribution in [2.75, 3.05) is 19.8 Å². The molecule has 3 heterocycles. The lowest BCUT2D eigenvalue weighted by molar-refractivity contribution is -0.00333. The molecule has 2 aromatic rings. The van der Waals surface area contributed by atoms with Gasteiger partial charge >= 0.3 is 0 Å². The number of hydrogen-bond acceptors (Lipinski definition) is 5. The number of H-pyrrole nitrogens is 1. The Hall–Kier alpha value is -2.72. The number of pyridine rings is 1. The Bertz CT molecular complexity index is 801. The summed E-state index contributed by atoms with van der Waals surface area (Å²) in [6, 6.07) is 5.12. The number of hydrogen-bond donors (Lipinski definition) is 1. The molecule has 0 spiro atoms. The number of nitriles is 1. The van der Waals surface area contributed by atoms with Gasteiger partial charge in [-0.1, -0.05) is 0 Å². The highest BCUT2D eigenvalue weighted by Gasteiger charge is 2.33. The van der Waals surface area contributed by atoms with E-state index in [1.165, 1.54) is 0 Å². The van der Waals surface area contributed by atoms with Gasteiger partial charge in [0.2, 0.25) is 0 Å². The second-order valence-corrected chi connectivity index (χ2v) is 5.88. The predicted octanol–water partition coefficient (Wildman–Crippen LogP) is 1.82. The van der Waals surface area contributed by atoms with Gasteiger partial charge in [0.1, 0.15) is 11.8 Å². The minimum atomic E-state index is -0.192. The molecule has 1 unspecified atom stereocenters. The molecule has 0 aromatic carbocycles. The number of amides is 1. The number of aromatic amines is 1. The van der Waals surface area contributed by atoms with Crippen molar-refractivity contribution in [3.05, 3.63) is 46.0 Å². The molecule has 7 heteroatoms. The molecule has 24 heavy (non-hydrogen) atoms. The van der Waals surface area contributed by atoms with Crippen LogP contribution in [-0.2, 0) is 4.74 Å². The topological polar surface area (TPSA) is 94.9 Å². The van der Waals surface area contributed by atoms with Crippen molar-refractivity contribution in [1.82, 2.24) is 20.1 Å². The van der Waals surface area contributed by atoms with Crippen LogP contribution in [0.2, 0.25) is 0 Å². The van der Waals surface area contributed by atoms with Gasteiger partial charge in [-0.05, 0) is 32.9 Å². The molecule has 1 atom stereocenters. The van der Waals surface area contributed by atoms with E-state index in [0.717, 1.165) is 17.0 Å². The first-order chi connectivity index (χ1) is 11.5. The average molecular weight is 325 g/mol. The van der Waals surface area contributed by atoms with Gasteiger partial charge in [0.05, 0.1) is 36.2 Å². The van der Waals surface area contributed by atoms with Crippen LogP contribution in [0.1, 0.15) is 44.7 Å². The van der Waals surface area contributed by atoms with Crippen molar-refractivity contribution < 1.29 is 9.53 Å². The Morgan fingerprint density at radius 1 is 1.38 bits per heavy atom. The van der Waals surface area contributed by atoms with Crippen LogP contribution in [-0.4, -0.2) is 45.7 Å². The first kappa shape index (κ1) is 16.1. The van der Waals surface area contributed by atoms with Gasteiger partial charge < -0.3 is 9.64 Å². The summed E-state index contributed by atoms with van der Waals surface area (Å²) in [5.74, 6) is -0.157. The Morgan fingerprint density at radius 2 is 2.17 bits per heavy atom. The Morgan fingerprint density at radius 3 is 2.79 bits per heavy atom. The van der Waals surface area contributed by atoms with E-state index in [1.54, 1.807) is 24.0 Å². The molecule has 3 rings (SSSR count). The number of ether oxygens (including phenoxy) is 1. The van der Waals surface area contributed by atoms with Crippen LogP contribution in [0.25, 0.3) is 0 Å². The SMILES string of the molecule is Cc1nc(C(=O)N2CCOCC2c2c(C)n[nH]c2C)ccc1C#N. The van der Waals surface area contributed by atoms with Crippen LogP contribution in [0.3, 0.4) is 0 Å². The van der Waals surface area contributed by atoms with Crippen LogP contribution < -0.4 is 0 Å². The Balaban J connectivity index is 1.95. The van der Waals surface area contributed by atoms with Crippen LogP contribution in [0.4, 0.5) is 0 Å². The van der Waals surface area contributed by atoms with Crippen molar-refractivity contribution in [3.8, 4) is 6.07 Å². The Labute approximate surface area is 140 Å². The van der Waals surface area contributed by atoms with E-state index in [0.29, 0.717) is 36.7 Å². The molecule has 1 N–H and O–H groups in total. The summed E-state index contributed by atoms with van der Waals surface area (Å²) in [7, 11) is 0. The minimum absolute atomic E-state index is 0.157. The quantitative estimate of drug-likeness (QED) is 0.908. The van der Waals surface area contributed by atoms with Gasteiger partial charge in [0.25, 0.3) is 5.91 Å². The second-order valence-electron chi connectivity index (χ2n) is 5.88. The van der Waals surface area contributed by atoms with Crippen LogP contribution in [0, 0.1) is 32.1 Å². The lowest BCUT2D eigenvalue weighted by atomic mass is 10.0. The zero-order valence-corrected chi connectivity index (χ0v) is 14.0. The summed E-state index contributed by atoms with van der Waals surface area (Å²) in [4.78, 5) is 19.1. The molecule has 2 aromatic heterocycles. The molecule has 7 nitrogen and oxygen atoms in total. The molecular formula is C17H19N5O2. The molecule has 1 saturated heterocycles. The molecule has 1 fully saturated rings. The minimum Gasteiger partial charge on any atom is -0.377 e. The van der Waals surface area contributed by atoms with E-state index in [1.807, 2.05) is 13.8 Å². The van der Waals surface area contributed by atoms with Crippen molar-refractivity contribution >= 4 is 5.91 Å². The molecule has 1 aliphatic rings. The lowest BCUT2D eigenvalue weighted by Crippen LogP contribution is -2.44. The number of carbonyl (C=O) groups excluding carboxylic acids is 1. The zero-order chi connectivity index (χ0) is 17.3. The van der Waals surface area contributed by atoms with Gasteiger partial charge in [-0.25, -0.2) is 4.98 Å². The Kier molecular flexibility index (Phi) is 4.32. The van der Waals surface area contributed by atoms with Gasteiger partial charge in [-0.3, -0.25) is 9.89 Å². The van der Waals surface area contributed by atoms with Gasteiger partial charge in [0.15, 0.2) is 0 Å². The summed E-state index contributed by atoms with van der Waals surface area (Å²) >= 11 is 0. The smallest absolute Gasteiger partial charge is 0.273 e. The molecule has 0 radical (unpaired) electrons. The highest BCUT2D eigenvalue weighted by Crippen LogP contribution is 2.29. The van der Waals surface area contributed by atoms with Crippen molar-refractivity contribution in [1.29, 1.82) is 5.26 Å². The molecule has 0 saturated carbocycles. The highest BCUT2D eigenvalue weighted by atomic mass is 16.5. The molecule has 1 amide bonds. The predicted molar refractivity (Wildman–Crippen MR) is 86.3 cm³/mol. The maximum absolute atomic E-state index is 13.0. The average Bonchev–Trinajstić information content (AvgIpc) is 2.92. The number of aromatic nitrogens is 3. The normalized spacial score (nSPS) is 17.6. The highest BCUT2D eigenvalue weighted by molar-refractivity contribution is 5.93. The number of nitrogens with one attached hydrogen (secondary N) is 1. The van der Waals surface area contributed by atoms with Crippen LogP contribution in [0.5, 0.6) is 0 Å². The summed E-state index contributed by atoms with van der Waals surface area (Å²) in [5.41, 5.74) is 4.18. The van der Waals surface area contributed by atoms with E-state index in [9.17, 15) is 4.79 Å². The molecule has 1 aliphatic heterocycles. The first-order valence-corrected chi connectivity index (χ1v) is 7.81. The third-order valence-corrected chi connectivity index (χ3v) is 4.33. The van der Waals surface area contributed by atoms with Crippen molar-refractivity contribution in [2.45, 2.75) is 26.8 Å². The summed E-state index contributed by atoms with van der Waals surface area (Å²) < 4.78 is 5.59. The molecule has 0 bridgehead atoms. The molecule has 0 aliphatic carbocycles. The van der Waals surface area contributed by atoms with Gasteiger partial charge in [-0.2, -0.15) is 10.4 Å². The fourth-order valence-corrected chi connectivity index (χ4v) is 3.08. The fourth-order valence-electron chi connectivity index (χ4n) is 3.08. The van der Waals surface area contributed by atoms with Gasteiger partial charge in [-0.15, -0.1) is 0 Å². The summed E-state index contributed by atoms with van der Waals surface area (Å²) in [5, 5.41) is 16.2. The van der Waals surface area contributed by atoms with E-state index < -0.39 is 0 Å². The maximum atomic E-state index is 13.0. The first-order valence-electron chi connectivity index (χ1n) is 7.81. The van der Waals surface area contributed by atoms with E-state index in [2.05, 4.69) is 21.3 Å². The largest absolute Gasteiger partial charge is 0.377 e. The standard InChI is InChI=1S/C17H19N5O2/c1-10-13(8-18)4-5-14(19-10)17(23)22-6-7-24-9-15(22)16-11(2)20-21-12(16)3/h4-5,15H,6-7,9H2,1-3H3,(H,20,21). The lowest BCUT2D eigenvalue weighted by Gasteiger charge is -2.35. The second kappa shape index (κ2) is 6.42. The molecule has 124 valence electrons. The number of rotatable bonds is 2. The third kappa shape index (κ3) is 2.76. The van der Waals surface area contributed by atoms with Crippen LogP contribution >= 0.6 is 0 Å². The number of morpholine rings is 1. The van der Waals surface area contributed by atoms with E-state index in [4.69, 9.17) is 10.00 Å². The summed E-state index contributed by atoms with van der Waals surface area (Å²) in [6.45, 7) is 7.01. The number of carbonyl (C=O) groups is 1. The monoisotopic (exact) mass is 325 g/mol. The van der Waals surface area contributed by atoms with Crippen molar-refractivity contribution in [3.63, 3.8) is 0 Å². The van der Waals surface area contributed by atoms with E-state index >= 15 is 0 Å². The number of nitrogens with zero attached hydrogens (tertiary/aromatic N) is 4. The maximum Gasteiger partial charge on any atom is 0.273 e. The van der Waals surface area contributed by atoms with E-state index in [-0.39, 0.29) is 11.9 Å². The van der Waals surface area contributed by atoms with Gasteiger partial charge in [0, 0.05) is 17.8 Å². The number of aryl methyl sites for hydroxylation is 3. The zero-order valence-electron chi connectivity index (χ0n) is 14.0. The van der Waals surface area contributed by atoms with Crippen LogP contribution in [0.15, 0.2) is 12.1 Å². The molecular weight excluding hydrogens is 306 g/mol. The van der Waals surface area contributed by atoms with Crippen molar-refractivity contribution in [2.24, 2.45) is 0 Å².